The molecule has 20 heavy (non-hydrogen) atoms. The van der Waals surface area contributed by atoms with Crippen LogP contribution >= 0.6 is 11.3 Å². The van der Waals surface area contributed by atoms with Gasteiger partial charge in [0.25, 0.3) is 0 Å². The molecule has 0 fully saturated rings. The molecule has 4 nitrogen and oxygen atoms in total. The summed E-state index contributed by atoms with van der Waals surface area (Å²) in [6.07, 6.45) is 0.111. The number of carboxylic acid groups (broad SMARTS) is 1. The first-order valence-electron chi connectivity index (χ1n) is 6.41. The predicted molar refractivity (Wildman–Crippen MR) is 80.4 cm³/mol. The maximum absolute atomic E-state index is 11.0. The first kappa shape index (κ1) is 12.9. The summed E-state index contributed by atoms with van der Waals surface area (Å²) in [5.41, 5.74) is 1.88. The van der Waals surface area contributed by atoms with E-state index in [-0.39, 0.29) is 12.3 Å². The van der Waals surface area contributed by atoms with Gasteiger partial charge in [-0.15, -0.1) is 11.3 Å². The molecule has 1 aliphatic heterocycles. The molecule has 0 aliphatic carbocycles. The van der Waals surface area contributed by atoms with Crippen LogP contribution in [0.15, 0.2) is 52.9 Å². The van der Waals surface area contributed by atoms with Gasteiger partial charge in [0.05, 0.1) is 29.2 Å². The molecule has 102 valence electrons. The number of carbonyl (C=O) groups is 1. The minimum Gasteiger partial charge on any atom is -0.481 e. The lowest BCUT2D eigenvalue weighted by Crippen LogP contribution is -2.22. The number of thiophene rings is 1. The van der Waals surface area contributed by atoms with E-state index in [4.69, 9.17) is 5.11 Å². The van der Waals surface area contributed by atoms with Gasteiger partial charge in [-0.1, -0.05) is 24.3 Å². The van der Waals surface area contributed by atoms with E-state index in [9.17, 15) is 4.79 Å². The van der Waals surface area contributed by atoms with E-state index >= 15 is 0 Å². The quantitative estimate of drug-likeness (QED) is 0.939. The Bertz CT molecular complexity index is 623. The van der Waals surface area contributed by atoms with E-state index in [1.54, 1.807) is 11.3 Å². The zero-order chi connectivity index (χ0) is 13.9. The average Bonchev–Trinajstić information content (AvgIpc) is 3.08. The van der Waals surface area contributed by atoms with Crippen LogP contribution in [0.3, 0.4) is 0 Å². The first-order chi connectivity index (χ1) is 9.74. The maximum Gasteiger partial charge on any atom is 0.304 e. The van der Waals surface area contributed by atoms with Gasteiger partial charge >= 0.3 is 5.97 Å². The molecule has 0 bridgehead atoms. The van der Waals surface area contributed by atoms with E-state index in [1.165, 1.54) is 0 Å². The second-order valence-corrected chi connectivity index (χ2v) is 5.62. The predicted octanol–water partition coefficient (Wildman–Crippen LogP) is 3.06. The van der Waals surface area contributed by atoms with E-state index in [1.807, 2.05) is 52.9 Å². The zero-order valence-corrected chi connectivity index (χ0v) is 11.6. The highest BCUT2D eigenvalue weighted by Crippen LogP contribution is 2.28. The average molecular weight is 286 g/mol. The Hall–Kier alpha value is -2.14. The number of para-hydroxylation sites is 1. The van der Waals surface area contributed by atoms with Crippen molar-refractivity contribution in [2.45, 2.75) is 6.42 Å². The Kier molecular flexibility index (Phi) is 3.52. The van der Waals surface area contributed by atoms with Crippen LogP contribution in [0.25, 0.3) is 0 Å². The van der Waals surface area contributed by atoms with Gasteiger partial charge in [0.15, 0.2) is 0 Å². The molecule has 2 aromatic rings. The summed E-state index contributed by atoms with van der Waals surface area (Å²) in [6.45, 7) is 0.615. The highest BCUT2D eigenvalue weighted by atomic mass is 32.1. The minimum atomic E-state index is -0.783. The van der Waals surface area contributed by atoms with Gasteiger partial charge in [-0.05, 0) is 23.6 Å². The van der Waals surface area contributed by atoms with Crippen LogP contribution in [0.5, 0.6) is 0 Å². The molecule has 1 unspecified atom stereocenters. The summed E-state index contributed by atoms with van der Waals surface area (Å²) in [5.74, 6) is -0.847. The molecule has 1 N–H and O–H groups in total. The Morgan fingerprint density at radius 1 is 1.30 bits per heavy atom. The fourth-order valence-electron chi connectivity index (χ4n) is 2.36. The summed E-state index contributed by atoms with van der Waals surface area (Å²) >= 11 is 1.60. The van der Waals surface area contributed by atoms with Gasteiger partial charge < -0.3 is 5.11 Å². The second-order valence-electron chi connectivity index (χ2n) is 4.67. The summed E-state index contributed by atoms with van der Waals surface area (Å²) in [4.78, 5) is 12.1. The van der Waals surface area contributed by atoms with E-state index < -0.39 is 5.97 Å². The van der Waals surface area contributed by atoms with E-state index in [0.717, 1.165) is 16.3 Å². The van der Waals surface area contributed by atoms with Crippen molar-refractivity contribution in [3.05, 3.63) is 52.7 Å². The first-order valence-corrected chi connectivity index (χ1v) is 7.29. The molecular weight excluding hydrogens is 272 g/mol. The highest BCUT2D eigenvalue weighted by Gasteiger charge is 2.30. The Labute approximate surface area is 121 Å². The van der Waals surface area contributed by atoms with Crippen molar-refractivity contribution >= 4 is 28.7 Å². The monoisotopic (exact) mass is 286 g/mol. The Balaban J connectivity index is 1.91. The number of rotatable bonds is 4. The molecule has 5 heteroatoms. The fourth-order valence-corrected chi connectivity index (χ4v) is 3.15. The third-order valence-corrected chi connectivity index (χ3v) is 4.15. The summed E-state index contributed by atoms with van der Waals surface area (Å²) in [6, 6.07) is 13.8. The maximum atomic E-state index is 11.0. The molecule has 1 aromatic carbocycles. The van der Waals surface area contributed by atoms with Gasteiger partial charge in [0.1, 0.15) is 0 Å². The Morgan fingerprint density at radius 3 is 2.75 bits per heavy atom. The summed E-state index contributed by atoms with van der Waals surface area (Å²) in [5, 5.41) is 17.6. The molecule has 0 radical (unpaired) electrons. The van der Waals surface area contributed by atoms with Crippen LogP contribution in [-0.2, 0) is 4.79 Å². The molecule has 3 rings (SSSR count). The van der Waals surface area contributed by atoms with E-state index in [0.29, 0.717) is 6.54 Å². The molecule has 0 spiro atoms. The van der Waals surface area contributed by atoms with E-state index in [2.05, 4.69) is 5.10 Å². The van der Waals surface area contributed by atoms with Crippen molar-refractivity contribution in [3.8, 4) is 0 Å². The van der Waals surface area contributed by atoms with Gasteiger partial charge in [-0.25, -0.2) is 0 Å². The molecular formula is C15H14N2O2S. The van der Waals surface area contributed by atoms with Crippen molar-refractivity contribution < 1.29 is 9.90 Å². The van der Waals surface area contributed by atoms with Crippen LogP contribution in [0.2, 0.25) is 0 Å². The second kappa shape index (κ2) is 5.46. The number of hydrogen-bond acceptors (Lipinski definition) is 4. The highest BCUT2D eigenvalue weighted by molar-refractivity contribution is 7.12. The van der Waals surface area contributed by atoms with Crippen molar-refractivity contribution in [1.82, 2.24) is 0 Å². The van der Waals surface area contributed by atoms with Crippen LogP contribution in [-0.4, -0.2) is 23.3 Å². The van der Waals surface area contributed by atoms with Crippen LogP contribution in [0, 0.1) is 5.92 Å². The molecule has 0 amide bonds. The Morgan fingerprint density at radius 2 is 2.10 bits per heavy atom. The molecule has 1 aromatic heterocycles. The lowest BCUT2D eigenvalue weighted by molar-refractivity contribution is -0.137. The number of anilines is 1. The number of benzene rings is 1. The zero-order valence-electron chi connectivity index (χ0n) is 10.8. The number of aliphatic carboxylic acids is 1. The number of carboxylic acids is 1. The lowest BCUT2D eigenvalue weighted by atomic mass is 9.99. The lowest BCUT2D eigenvalue weighted by Gasteiger charge is -2.14. The molecule has 0 saturated carbocycles. The third-order valence-electron chi connectivity index (χ3n) is 3.26. The van der Waals surface area contributed by atoms with Gasteiger partial charge in [0.2, 0.25) is 0 Å². The fraction of sp³-hybridized carbons (Fsp3) is 0.200. The number of hydrazone groups is 1. The van der Waals surface area contributed by atoms with Gasteiger partial charge in [-0.2, -0.15) is 5.10 Å². The number of nitrogens with zero attached hydrogens (tertiary/aromatic N) is 2. The molecule has 1 atom stereocenters. The van der Waals surface area contributed by atoms with Gasteiger partial charge in [0, 0.05) is 5.92 Å². The molecule has 2 heterocycles. The van der Waals surface area contributed by atoms with Gasteiger partial charge in [-0.3, -0.25) is 9.80 Å². The summed E-state index contributed by atoms with van der Waals surface area (Å²) in [7, 11) is 0. The van der Waals surface area contributed by atoms with Crippen LogP contribution < -0.4 is 5.01 Å². The molecule has 1 aliphatic rings. The molecule has 0 saturated heterocycles. The van der Waals surface area contributed by atoms with Crippen molar-refractivity contribution in [2.24, 2.45) is 11.0 Å². The van der Waals surface area contributed by atoms with Crippen molar-refractivity contribution in [3.63, 3.8) is 0 Å². The standard InChI is InChI=1S/C15H14N2O2S/c18-14(19)9-11-10-17(12-5-2-1-3-6-12)16-15(11)13-7-4-8-20-13/h1-8,11H,9-10H2,(H,18,19). The third kappa shape index (κ3) is 2.58. The normalized spacial score (nSPS) is 18.1. The minimum absolute atomic E-state index is 0.0636. The van der Waals surface area contributed by atoms with Crippen LogP contribution in [0.4, 0.5) is 5.69 Å². The topological polar surface area (TPSA) is 52.9 Å². The largest absolute Gasteiger partial charge is 0.481 e. The van der Waals surface area contributed by atoms with Crippen LogP contribution in [0.1, 0.15) is 11.3 Å². The SMILES string of the molecule is O=C(O)CC1CN(c2ccccc2)N=C1c1cccs1. The summed E-state index contributed by atoms with van der Waals surface area (Å²) < 4.78 is 0. The number of hydrogen-bond donors (Lipinski definition) is 1. The smallest absolute Gasteiger partial charge is 0.304 e. The van der Waals surface area contributed by atoms with Crippen molar-refractivity contribution in [1.29, 1.82) is 0 Å². The van der Waals surface area contributed by atoms with Crippen molar-refractivity contribution in [2.75, 3.05) is 11.6 Å².